The Bertz CT molecular complexity index is 753. The van der Waals surface area contributed by atoms with Crippen molar-refractivity contribution in [3.63, 3.8) is 0 Å². The van der Waals surface area contributed by atoms with Gasteiger partial charge in [-0.15, -0.1) is 0 Å². The van der Waals surface area contributed by atoms with Gasteiger partial charge < -0.3 is 15.7 Å². The van der Waals surface area contributed by atoms with Gasteiger partial charge in [-0.05, 0) is 31.0 Å². The molecule has 6 heteroatoms. The van der Waals surface area contributed by atoms with Gasteiger partial charge in [-0.2, -0.15) is 0 Å². The molecule has 1 aromatic rings. The summed E-state index contributed by atoms with van der Waals surface area (Å²) in [5.74, 6) is -1.34. The third kappa shape index (κ3) is 19.4. The largest absolute Gasteiger partial charge is 0.478 e. The lowest BCUT2D eigenvalue weighted by Crippen LogP contribution is -2.14. The van der Waals surface area contributed by atoms with Crippen LogP contribution < -0.4 is 10.6 Å². The maximum atomic E-state index is 12.4. The highest BCUT2D eigenvalue weighted by Gasteiger charge is 2.11. The zero-order valence-electron chi connectivity index (χ0n) is 25.0. The molecule has 222 valence electrons. The second-order valence-corrected chi connectivity index (χ2v) is 11.1. The molecule has 0 aliphatic heterocycles. The van der Waals surface area contributed by atoms with Crippen LogP contribution in [0.1, 0.15) is 165 Å². The Kier molecular flexibility index (Phi) is 20.9. The van der Waals surface area contributed by atoms with E-state index < -0.39 is 5.97 Å². The highest BCUT2D eigenvalue weighted by molar-refractivity contribution is 5.98. The summed E-state index contributed by atoms with van der Waals surface area (Å²) in [5, 5.41) is 15.1. The molecule has 1 aromatic carbocycles. The first-order valence-corrected chi connectivity index (χ1v) is 15.9. The number of amides is 2. The predicted octanol–water partition coefficient (Wildman–Crippen LogP) is 9.88. The number of carbonyl (C=O) groups is 3. The Labute approximate surface area is 238 Å². The molecule has 2 amide bonds. The van der Waals surface area contributed by atoms with Gasteiger partial charge in [0.1, 0.15) is 0 Å². The fraction of sp³-hybridized carbons (Fsp3) is 0.727. The van der Waals surface area contributed by atoms with Gasteiger partial charge in [0.15, 0.2) is 0 Å². The van der Waals surface area contributed by atoms with Gasteiger partial charge in [0.25, 0.3) is 0 Å². The maximum Gasteiger partial charge on any atom is 0.335 e. The Morgan fingerprint density at radius 3 is 1.13 bits per heavy atom. The van der Waals surface area contributed by atoms with Crippen LogP contribution in [0.2, 0.25) is 0 Å². The smallest absolute Gasteiger partial charge is 0.335 e. The van der Waals surface area contributed by atoms with Crippen LogP contribution in [-0.2, 0) is 9.59 Å². The Morgan fingerprint density at radius 2 is 0.821 bits per heavy atom. The third-order valence-corrected chi connectivity index (χ3v) is 7.26. The fourth-order valence-electron chi connectivity index (χ4n) is 4.89. The number of carboxylic acids is 1. The summed E-state index contributed by atoms with van der Waals surface area (Å²) in [4.78, 5) is 36.5. The van der Waals surface area contributed by atoms with Crippen molar-refractivity contribution in [1.29, 1.82) is 0 Å². The van der Waals surface area contributed by atoms with E-state index in [-0.39, 0.29) is 17.4 Å². The minimum absolute atomic E-state index is 0.0426. The first kappa shape index (κ1) is 34.7. The molecule has 0 bridgehead atoms. The van der Waals surface area contributed by atoms with E-state index in [4.69, 9.17) is 0 Å². The number of benzene rings is 1. The van der Waals surface area contributed by atoms with Crippen LogP contribution in [0.15, 0.2) is 18.2 Å². The number of aromatic carboxylic acids is 1. The lowest BCUT2D eigenvalue weighted by molar-refractivity contribution is -0.117. The lowest BCUT2D eigenvalue weighted by atomic mass is 10.1. The second kappa shape index (κ2) is 23.5. The fourth-order valence-corrected chi connectivity index (χ4v) is 4.89. The second-order valence-electron chi connectivity index (χ2n) is 11.1. The number of unbranched alkanes of at least 4 members (excludes halogenated alkanes) is 18. The zero-order chi connectivity index (χ0) is 28.6. The molecular formula is C33H56N2O4. The van der Waals surface area contributed by atoms with Gasteiger partial charge in [0.05, 0.1) is 5.56 Å². The van der Waals surface area contributed by atoms with Crippen LogP contribution in [0.5, 0.6) is 0 Å². The molecule has 39 heavy (non-hydrogen) atoms. The molecule has 0 aliphatic carbocycles. The minimum atomic E-state index is -1.09. The average Bonchev–Trinajstić information content (AvgIpc) is 2.90. The molecule has 6 nitrogen and oxygen atoms in total. The van der Waals surface area contributed by atoms with Crippen LogP contribution in [0, 0.1) is 0 Å². The van der Waals surface area contributed by atoms with Crippen molar-refractivity contribution < 1.29 is 19.5 Å². The Morgan fingerprint density at radius 1 is 0.513 bits per heavy atom. The highest BCUT2D eigenvalue weighted by atomic mass is 16.4. The van der Waals surface area contributed by atoms with Crippen LogP contribution >= 0.6 is 0 Å². The minimum Gasteiger partial charge on any atom is -0.478 e. The topological polar surface area (TPSA) is 95.5 Å². The Balaban J connectivity index is 2.31. The molecule has 0 radical (unpaired) electrons. The average molecular weight is 545 g/mol. The van der Waals surface area contributed by atoms with Crippen LogP contribution in [0.25, 0.3) is 0 Å². The molecule has 0 saturated carbocycles. The number of hydrogen-bond donors (Lipinski definition) is 3. The normalized spacial score (nSPS) is 10.9. The van der Waals surface area contributed by atoms with Crippen LogP contribution in [0.3, 0.4) is 0 Å². The molecule has 0 heterocycles. The molecular weight excluding hydrogens is 488 g/mol. The molecule has 3 N–H and O–H groups in total. The zero-order valence-corrected chi connectivity index (χ0v) is 25.0. The Hall–Kier alpha value is -2.37. The molecule has 1 rings (SSSR count). The van der Waals surface area contributed by atoms with Gasteiger partial charge in [-0.1, -0.05) is 129 Å². The summed E-state index contributed by atoms with van der Waals surface area (Å²) >= 11 is 0. The van der Waals surface area contributed by atoms with E-state index in [1.807, 2.05) is 0 Å². The van der Waals surface area contributed by atoms with Gasteiger partial charge in [-0.25, -0.2) is 4.79 Å². The first-order valence-electron chi connectivity index (χ1n) is 15.9. The molecule has 0 unspecified atom stereocenters. The standard InChI is InChI=1S/C33H56N2O4/c1-3-5-7-9-11-13-15-17-19-21-23-31(36)34-29-25-28(33(38)39)26-30(27-29)35-32(37)24-22-20-18-16-14-12-10-8-6-4-2/h25-27H,3-24H2,1-2H3,(H,34,36)(H,35,37)(H,38,39). The summed E-state index contributed by atoms with van der Waals surface area (Å²) in [6, 6.07) is 4.52. The lowest BCUT2D eigenvalue weighted by Gasteiger charge is -2.11. The molecule has 0 aliphatic rings. The summed E-state index contributed by atoms with van der Waals surface area (Å²) in [7, 11) is 0. The SMILES string of the molecule is CCCCCCCCCCCCC(=O)Nc1cc(NC(=O)CCCCCCCCCCCC)cc(C(=O)O)c1. The predicted molar refractivity (Wildman–Crippen MR) is 164 cm³/mol. The monoisotopic (exact) mass is 544 g/mol. The van der Waals surface area contributed by atoms with Crippen molar-refractivity contribution in [3.05, 3.63) is 23.8 Å². The number of nitrogens with one attached hydrogen (secondary N) is 2. The van der Waals surface area contributed by atoms with Gasteiger partial charge in [-0.3, -0.25) is 9.59 Å². The van der Waals surface area contributed by atoms with Gasteiger partial charge in [0.2, 0.25) is 11.8 Å². The van der Waals surface area contributed by atoms with Gasteiger partial charge in [0, 0.05) is 24.2 Å². The summed E-state index contributed by atoms with van der Waals surface area (Å²) in [5.41, 5.74) is 0.850. The van der Waals surface area contributed by atoms with E-state index >= 15 is 0 Å². The van der Waals surface area contributed by atoms with Crippen LogP contribution in [0.4, 0.5) is 11.4 Å². The molecule has 0 atom stereocenters. The van der Waals surface area contributed by atoms with E-state index in [0.29, 0.717) is 24.2 Å². The van der Waals surface area contributed by atoms with Gasteiger partial charge >= 0.3 is 5.97 Å². The molecule has 0 spiro atoms. The summed E-state index contributed by atoms with van der Waals surface area (Å²) < 4.78 is 0. The third-order valence-electron chi connectivity index (χ3n) is 7.26. The van der Waals surface area contributed by atoms with E-state index in [2.05, 4.69) is 24.5 Å². The first-order chi connectivity index (χ1) is 19.0. The maximum absolute atomic E-state index is 12.4. The van der Waals surface area contributed by atoms with E-state index in [1.165, 1.54) is 102 Å². The molecule has 0 saturated heterocycles. The van der Waals surface area contributed by atoms with Crippen molar-refractivity contribution in [1.82, 2.24) is 0 Å². The van der Waals surface area contributed by atoms with Crippen LogP contribution in [-0.4, -0.2) is 22.9 Å². The number of carboxylic acid groups (broad SMARTS) is 1. The van der Waals surface area contributed by atoms with Crippen molar-refractivity contribution >= 4 is 29.2 Å². The molecule has 0 fully saturated rings. The number of hydrogen-bond acceptors (Lipinski definition) is 3. The number of carbonyl (C=O) groups excluding carboxylic acids is 2. The summed E-state index contributed by atoms with van der Waals surface area (Å²) in [6.45, 7) is 4.46. The van der Waals surface area contributed by atoms with Crippen molar-refractivity contribution in [2.24, 2.45) is 0 Å². The number of rotatable bonds is 25. The molecule has 0 aromatic heterocycles. The highest BCUT2D eigenvalue weighted by Crippen LogP contribution is 2.21. The number of anilines is 2. The van der Waals surface area contributed by atoms with E-state index in [1.54, 1.807) is 6.07 Å². The van der Waals surface area contributed by atoms with E-state index in [9.17, 15) is 19.5 Å². The summed E-state index contributed by atoms with van der Waals surface area (Å²) in [6.07, 6.45) is 24.9. The van der Waals surface area contributed by atoms with Crippen molar-refractivity contribution in [3.8, 4) is 0 Å². The quantitative estimate of drug-likeness (QED) is 0.107. The van der Waals surface area contributed by atoms with Crippen molar-refractivity contribution in [2.75, 3.05) is 10.6 Å². The van der Waals surface area contributed by atoms with Crippen molar-refractivity contribution in [2.45, 2.75) is 155 Å². The van der Waals surface area contributed by atoms with E-state index in [0.717, 1.165) is 38.5 Å².